The van der Waals surface area contributed by atoms with Gasteiger partial charge in [0.15, 0.2) is 0 Å². The van der Waals surface area contributed by atoms with Crippen LogP contribution in [0.4, 0.5) is 4.39 Å². The lowest BCUT2D eigenvalue weighted by molar-refractivity contribution is 0.0935. The van der Waals surface area contributed by atoms with Gasteiger partial charge in [0.1, 0.15) is 11.6 Å². The Morgan fingerprint density at radius 3 is 2.54 bits per heavy atom. The minimum atomic E-state index is -0.431. The van der Waals surface area contributed by atoms with Gasteiger partial charge in [0, 0.05) is 19.0 Å². The van der Waals surface area contributed by atoms with Gasteiger partial charge in [-0.15, -0.1) is 0 Å². The molecule has 140 valence electrons. The molecule has 0 spiro atoms. The maximum atomic E-state index is 13.5. The molecule has 0 saturated heterocycles. The molecule has 28 heavy (non-hydrogen) atoms. The predicted octanol–water partition coefficient (Wildman–Crippen LogP) is 4.43. The van der Waals surface area contributed by atoms with Crippen molar-refractivity contribution in [2.75, 3.05) is 0 Å². The third kappa shape index (κ3) is 3.64. The number of imidazole rings is 1. The van der Waals surface area contributed by atoms with Crippen LogP contribution in [0.2, 0.25) is 0 Å². The highest BCUT2D eigenvalue weighted by atomic mass is 19.1. The topological polar surface area (TPSA) is 46.9 Å². The Kier molecular flexibility index (Phi) is 4.89. The Morgan fingerprint density at radius 1 is 1.04 bits per heavy atom. The summed E-state index contributed by atoms with van der Waals surface area (Å²) in [4.78, 5) is 17.4. The van der Waals surface area contributed by atoms with E-state index in [4.69, 9.17) is 4.98 Å². The maximum absolute atomic E-state index is 13.5. The van der Waals surface area contributed by atoms with Crippen molar-refractivity contribution in [1.29, 1.82) is 0 Å². The van der Waals surface area contributed by atoms with Crippen LogP contribution in [0, 0.1) is 5.82 Å². The van der Waals surface area contributed by atoms with Crippen LogP contribution in [0.1, 0.15) is 27.8 Å². The van der Waals surface area contributed by atoms with Crippen molar-refractivity contribution in [3.63, 3.8) is 0 Å². The number of nitrogens with one attached hydrogen (secondary N) is 1. The van der Waals surface area contributed by atoms with Gasteiger partial charge in [-0.25, -0.2) is 9.37 Å². The van der Waals surface area contributed by atoms with Crippen molar-refractivity contribution in [1.82, 2.24) is 14.9 Å². The summed E-state index contributed by atoms with van der Waals surface area (Å²) in [6.45, 7) is 0. The van der Waals surface area contributed by atoms with Gasteiger partial charge >= 0.3 is 0 Å². The zero-order valence-electron chi connectivity index (χ0n) is 15.5. The van der Waals surface area contributed by atoms with Gasteiger partial charge < -0.3 is 9.88 Å². The number of hydrogen-bond donors (Lipinski definition) is 1. The number of aromatic nitrogens is 2. The first-order valence-electron chi connectivity index (χ1n) is 9.13. The number of aryl methyl sites for hydroxylation is 1. The second kappa shape index (κ2) is 7.64. The van der Waals surface area contributed by atoms with Crippen LogP contribution in [0.15, 0.2) is 78.9 Å². The van der Waals surface area contributed by atoms with E-state index < -0.39 is 5.82 Å². The molecule has 4 rings (SSSR count). The molecule has 3 aromatic carbocycles. The number of nitrogens with zero attached hydrogens (tertiary/aromatic N) is 2. The van der Waals surface area contributed by atoms with E-state index in [1.54, 1.807) is 6.07 Å². The number of halogens is 1. The van der Waals surface area contributed by atoms with Gasteiger partial charge in [0.05, 0.1) is 17.1 Å². The van der Waals surface area contributed by atoms with Crippen LogP contribution >= 0.6 is 0 Å². The average molecular weight is 373 g/mol. The molecule has 1 amide bonds. The van der Waals surface area contributed by atoms with Crippen LogP contribution in [-0.2, 0) is 13.5 Å². The van der Waals surface area contributed by atoms with Crippen molar-refractivity contribution in [2.24, 2.45) is 7.05 Å². The van der Waals surface area contributed by atoms with Crippen LogP contribution in [0.25, 0.3) is 11.0 Å². The predicted molar refractivity (Wildman–Crippen MR) is 107 cm³/mol. The Balaban J connectivity index is 1.66. The molecule has 0 fully saturated rings. The normalized spacial score (nSPS) is 12.1. The van der Waals surface area contributed by atoms with Gasteiger partial charge in [-0.2, -0.15) is 0 Å². The molecule has 0 radical (unpaired) electrons. The van der Waals surface area contributed by atoms with Crippen LogP contribution < -0.4 is 5.32 Å². The molecular formula is C23H20FN3O. The quantitative estimate of drug-likeness (QED) is 0.563. The van der Waals surface area contributed by atoms with Gasteiger partial charge in [0.2, 0.25) is 0 Å². The van der Waals surface area contributed by atoms with Crippen molar-refractivity contribution in [2.45, 2.75) is 12.5 Å². The molecule has 1 unspecified atom stereocenters. The molecule has 0 bridgehead atoms. The third-order valence-electron chi connectivity index (χ3n) is 4.86. The fourth-order valence-corrected chi connectivity index (χ4v) is 3.37. The van der Waals surface area contributed by atoms with Crippen molar-refractivity contribution >= 4 is 16.9 Å². The van der Waals surface area contributed by atoms with Crippen LogP contribution in [0.5, 0.6) is 0 Å². The Morgan fingerprint density at radius 2 is 1.79 bits per heavy atom. The summed E-state index contributed by atoms with van der Waals surface area (Å²) >= 11 is 0. The second-order valence-corrected chi connectivity index (χ2v) is 6.73. The minimum absolute atomic E-state index is 0.285. The highest BCUT2D eigenvalue weighted by molar-refractivity contribution is 5.94. The third-order valence-corrected chi connectivity index (χ3v) is 4.86. The van der Waals surface area contributed by atoms with Crippen molar-refractivity contribution in [3.8, 4) is 0 Å². The number of benzene rings is 3. The number of carbonyl (C=O) groups excluding carboxylic acids is 1. The van der Waals surface area contributed by atoms with Gasteiger partial charge in [0.25, 0.3) is 5.91 Å². The van der Waals surface area contributed by atoms with Crippen molar-refractivity contribution < 1.29 is 9.18 Å². The standard InChI is InChI=1S/C23H20FN3O/c1-27-21-13-6-5-12-19(21)25-22(27)15-20(16-8-3-2-4-9-16)26-23(28)17-10-7-11-18(24)14-17/h2-14,20H,15H2,1H3,(H,26,28). The summed E-state index contributed by atoms with van der Waals surface area (Å²) in [5, 5.41) is 3.04. The molecule has 0 aliphatic carbocycles. The average Bonchev–Trinajstić information content (AvgIpc) is 3.04. The molecule has 1 heterocycles. The molecule has 0 aliphatic heterocycles. The lowest BCUT2D eigenvalue weighted by atomic mass is 10.0. The highest BCUT2D eigenvalue weighted by Crippen LogP contribution is 2.22. The van der Waals surface area contributed by atoms with E-state index in [0.717, 1.165) is 22.4 Å². The lowest BCUT2D eigenvalue weighted by Gasteiger charge is -2.19. The smallest absolute Gasteiger partial charge is 0.251 e. The van der Waals surface area contributed by atoms with E-state index in [9.17, 15) is 9.18 Å². The summed E-state index contributed by atoms with van der Waals surface area (Å²) in [5.41, 5.74) is 3.23. The number of para-hydroxylation sites is 2. The highest BCUT2D eigenvalue weighted by Gasteiger charge is 2.19. The maximum Gasteiger partial charge on any atom is 0.251 e. The molecule has 4 nitrogen and oxygen atoms in total. The number of fused-ring (bicyclic) bond motifs is 1. The number of carbonyl (C=O) groups is 1. The largest absolute Gasteiger partial charge is 0.345 e. The zero-order valence-corrected chi connectivity index (χ0v) is 15.5. The Bertz CT molecular complexity index is 1120. The van der Waals surface area contributed by atoms with E-state index >= 15 is 0 Å². The minimum Gasteiger partial charge on any atom is -0.345 e. The summed E-state index contributed by atoms with van der Waals surface area (Å²) in [5.74, 6) is 0.126. The Hall–Kier alpha value is -3.47. The van der Waals surface area contributed by atoms with E-state index in [-0.39, 0.29) is 11.9 Å². The fraction of sp³-hybridized carbons (Fsp3) is 0.130. The molecule has 1 aromatic heterocycles. The fourth-order valence-electron chi connectivity index (χ4n) is 3.37. The first-order chi connectivity index (χ1) is 13.6. The van der Waals surface area contributed by atoms with E-state index in [0.29, 0.717) is 12.0 Å². The summed E-state index contributed by atoms with van der Waals surface area (Å²) in [7, 11) is 1.97. The van der Waals surface area contributed by atoms with Crippen LogP contribution in [-0.4, -0.2) is 15.5 Å². The molecule has 1 N–H and O–H groups in total. The van der Waals surface area contributed by atoms with Gasteiger partial charge in [-0.05, 0) is 35.9 Å². The SMILES string of the molecule is Cn1c(CC(NC(=O)c2cccc(F)c2)c2ccccc2)nc2ccccc21. The molecule has 0 saturated carbocycles. The van der Waals surface area contributed by atoms with Gasteiger partial charge in [-0.3, -0.25) is 4.79 Å². The first-order valence-corrected chi connectivity index (χ1v) is 9.13. The van der Waals surface area contributed by atoms with E-state index in [1.165, 1.54) is 18.2 Å². The molecule has 1 atom stereocenters. The van der Waals surface area contributed by atoms with E-state index in [2.05, 4.69) is 5.32 Å². The number of amides is 1. The first kappa shape index (κ1) is 17.9. The Labute approximate surface area is 162 Å². The van der Waals surface area contributed by atoms with E-state index in [1.807, 2.05) is 66.2 Å². The number of hydrogen-bond acceptors (Lipinski definition) is 2. The van der Waals surface area contributed by atoms with Crippen LogP contribution in [0.3, 0.4) is 0 Å². The molecule has 4 aromatic rings. The zero-order chi connectivity index (χ0) is 19.5. The monoisotopic (exact) mass is 373 g/mol. The second-order valence-electron chi connectivity index (χ2n) is 6.73. The molecular weight excluding hydrogens is 353 g/mol. The molecule has 0 aliphatic rings. The van der Waals surface area contributed by atoms with Gasteiger partial charge in [-0.1, -0.05) is 48.5 Å². The van der Waals surface area contributed by atoms with Crippen molar-refractivity contribution in [3.05, 3.63) is 102 Å². The molecule has 5 heteroatoms. The summed E-state index contributed by atoms with van der Waals surface area (Å²) in [6.07, 6.45) is 0.524. The lowest BCUT2D eigenvalue weighted by Crippen LogP contribution is -2.30. The summed E-state index contributed by atoms with van der Waals surface area (Å²) in [6, 6.07) is 23.1. The number of rotatable bonds is 5. The summed E-state index contributed by atoms with van der Waals surface area (Å²) < 4.78 is 15.6.